The van der Waals surface area contributed by atoms with Gasteiger partial charge in [-0.05, 0) is 25.5 Å². The lowest BCUT2D eigenvalue weighted by Gasteiger charge is -2.19. The quantitative estimate of drug-likeness (QED) is 0.924. The van der Waals surface area contributed by atoms with Gasteiger partial charge in [0.25, 0.3) is 0 Å². The zero-order chi connectivity index (χ0) is 14.8. The van der Waals surface area contributed by atoms with Crippen LogP contribution in [0.1, 0.15) is 19.4 Å². The highest BCUT2D eigenvalue weighted by Gasteiger charge is 2.20. The van der Waals surface area contributed by atoms with Crippen LogP contribution in [0.25, 0.3) is 11.4 Å². The van der Waals surface area contributed by atoms with Crippen LogP contribution in [0, 0.1) is 0 Å². The minimum Gasteiger partial charge on any atom is -0.492 e. The number of nitrogen functional groups attached to an aromatic ring is 1. The Morgan fingerprint density at radius 1 is 1.19 bits per heavy atom. The van der Waals surface area contributed by atoms with E-state index < -0.39 is 0 Å². The van der Waals surface area contributed by atoms with Gasteiger partial charge in [0.2, 0.25) is 11.9 Å². The van der Waals surface area contributed by atoms with Crippen molar-refractivity contribution in [2.45, 2.75) is 20.3 Å². The number of hydrogen-bond donors (Lipinski definition) is 1. The normalized spacial score (nSPS) is 12.9. The Hall–Kier alpha value is -2.37. The summed E-state index contributed by atoms with van der Waals surface area (Å²) in [6.07, 6.45) is 0.923. The van der Waals surface area contributed by atoms with E-state index in [1.165, 1.54) is 5.56 Å². The Balaban J connectivity index is 2.09. The van der Waals surface area contributed by atoms with Crippen molar-refractivity contribution in [3.8, 4) is 17.1 Å². The lowest BCUT2D eigenvalue weighted by molar-refractivity contribution is 0.358. The van der Waals surface area contributed by atoms with Crippen molar-refractivity contribution >= 4 is 11.9 Å². The van der Waals surface area contributed by atoms with Crippen molar-refractivity contribution in [2.24, 2.45) is 0 Å². The van der Waals surface area contributed by atoms with Crippen molar-refractivity contribution < 1.29 is 4.74 Å². The van der Waals surface area contributed by atoms with Gasteiger partial charge in [0.15, 0.2) is 5.82 Å². The first-order valence-electron chi connectivity index (χ1n) is 7.24. The summed E-state index contributed by atoms with van der Waals surface area (Å²) in [5, 5.41) is 0. The molecule has 2 aromatic rings. The Kier molecular flexibility index (Phi) is 3.60. The summed E-state index contributed by atoms with van der Waals surface area (Å²) >= 11 is 0. The summed E-state index contributed by atoms with van der Waals surface area (Å²) in [6.45, 7) is 6.47. The summed E-state index contributed by atoms with van der Waals surface area (Å²) in [5.74, 6) is 2.28. The van der Waals surface area contributed by atoms with Crippen LogP contribution < -0.4 is 15.4 Å². The first-order valence-corrected chi connectivity index (χ1v) is 7.24. The second-order valence-corrected chi connectivity index (χ2v) is 4.88. The highest BCUT2D eigenvalue weighted by Crippen LogP contribution is 2.35. The topological polar surface area (TPSA) is 77.2 Å². The maximum absolute atomic E-state index is 5.86. The van der Waals surface area contributed by atoms with E-state index in [0.717, 1.165) is 30.8 Å². The van der Waals surface area contributed by atoms with E-state index in [2.05, 4.69) is 34.9 Å². The molecule has 2 heterocycles. The monoisotopic (exact) mass is 285 g/mol. The van der Waals surface area contributed by atoms with Crippen LogP contribution in [0.3, 0.4) is 0 Å². The smallest absolute Gasteiger partial charge is 0.230 e. The predicted molar refractivity (Wildman–Crippen MR) is 82.4 cm³/mol. The Morgan fingerprint density at radius 2 is 2.00 bits per heavy atom. The van der Waals surface area contributed by atoms with Crippen molar-refractivity contribution in [3.05, 3.63) is 23.8 Å². The molecule has 0 spiro atoms. The summed E-state index contributed by atoms with van der Waals surface area (Å²) in [7, 11) is 0. The molecule has 6 nitrogen and oxygen atoms in total. The van der Waals surface area contributed by atoms with Crippen molar-refractivity contribution in [1.29, 1.82) is 0 Å². The average Bonchev–Trinajstić information content (AvgIpc) is 2.96. The Bertz CT molecular complexity index is 655. The van der Waals surface area contributed by atoms with Crippen LogP contribution in [-0.4, -0.2) is 34.6 Å². The molecule has 0 aliphatic carbocycles. The molecule has 0 saturated heterocycles. The largest absolute Gasteiger partial charge is 0.492 e. The number of aromatic nitrogens is 3. The molecule has 0 fully saturated rings. The number of ether oxygens (including phenoxy) is 1. The third kappa shape index (κ3) is 2.49. The maximum Gasteiger partial charge on any atom is 0.230 e. The number of hydrogen-bond acceptors (Lipinski definition) is 6. The highest BCUT2D eigenvalue weighted by atomic mass is 16.5. The fourth-order valence-corrected chi connectivity index (χ4v) is 2.54. The first kappa shape index (κ1) is 13.6. The van der Waals surface area contributed by atoms with Crippen LogP contribution in [0.15, 0.2) is 18.2 Å². The van der Waals surface area contributed by atoms with Crippen LogP contribution in [0.4, 0.5) is 11.9 Å². The molecule has 6 heteroatoms. The SMILES string of the molecule is CCN(CC)c1nc(N)nc(-c2cccc3c2OCC3)n1. The van der Waals surface area contributed by atoms with E-state index in [4.69, 9.17) is 10.5 Å². The minimum absolute atomic E-state index is 0.234. The fraction of sp³-hybridized carbons (Fsp3) is 0.400. The lowest BCUT2D eigenvalue weighted by Crippen LogP contribution is -2.25. The van der Waals surface area contributed by atoms with Crippen LogP contribution in [-0.2, 0) is 6.42 Å². The van der Waals surface area contributed by atoms with Crippen molar-refractivity contribution in [2.75, 3.05) is 30.3 Å². The molecule has 1 aliphatic heterocycles. The van der Waals surface area contributed by atoms with E-state index in [1.807, 2.05) is 17.0 Å². The van der Waals surface area contributed by atoms with Gasteiger partial charge in [0.1, 0.15) is 5.75 Å². The molecule has 0 amide bonds. The third-order valence-electron chi connectivity index (χ3n) is 3.64. The second kappa shape index (κ2) is 5.55. The van der Waals surface area contributed by atoms with Crippen LogP contribution in [0.2, 0.25) is 0 Å². The molecule has 3 rings (SSSR count). The van der Waals surface area contributed by atoms with E-state index in [9.17, 15) is 0 Å². The molecule has 1 aromatic carbocycles. The van der Waals surface area contributed by atoms with Gasteiger partial charge in [0.05, 0.1) is 12.2 Å². The van der Waals surface area contributed by atoms with Crippen molar-refractivity contribution in [1.82, 2.24) is 15.0 Å². The summed E-state index contributed by atoms with van der Waals surface area (Å²) in [5.41, 5.74) is 7.93. The first-order chi connectivity index (χ1) is 10.2. The number of fused-ring (bicyclic) bond motifs is 1. The van der Waals surface area contributed by atoms with Gasteiger partial charge in [-0.15, -0.1) is 0 Å². The number of nitrogens with two attached hydrogens (primary N) is 1. The molecule has 0 atom stereocenters. The van der Waals surface area contributed by atoms with E-state index in [-0.39, 0.29) is 5.95 Å². The molecule has 0 bridgehead atoms. The fourth-order valence-electron chi connectivity index (χ4n) is 2.54. The third-order valence-corrected chi connectivity index (χ3v) is 3.64. The van der Waals surface area contributed by atoms with Gasteiger partial charge in [0, 0.05) is 19.5 Å². The average molecular weight is 285 g/mol. The molecule has 0 unspecified atom stereocenters. The standard InChI is InChI=1S/C15H19N5O/c1-3-20(4-2)15-18-13(17-14(16)19-15)11-7-5-6-10-8-9-21-12(10)11/h5-7H,3-4,8-9H2,1-2H3,(H2,16,17,18,19). The van der Waals surface area contributed by atoms with Gasteiger partial charge in [-0.3, -0.25) is 0 Å². The molecular weight excluding hydrogens is 266 g/mol. The molecule has 1 aromatic heterocycles. The molecule has 1 aliphatic rings. The molecule has 0 radical (unpaired) electrons. The number of anilines is 2. The zero-order valence-corrected chi connectivity index (χ0v) is 12.3. The maximum atomic E-state index is 5.86. The predicted octanol–water partition coefficient (Wildman–Crippen LogP) is 1.90. The molecular formula is C15H19N5O. The van der Waals surface area contributed by atoms with Crippen LogP contribution >= 0.6 is 0 Å². The highest BCUT2D eigenvalue weighted by molar-refractivity contribution is 5.68. The number of para-hydroxylation sites is 1. The molecule has 21 heavy (non-hydrogen) atoms. The van der Waals surface area contributed by atoms with Crippen molar-refractivity contribution in [3.63, 3.8) is 0 Å². The Morgan fingerprint density at radius 3 is 2.76 bits per heavy atom. The summed E-state index contributed by atoms with van der Waals surface area (Å²) < 4.78 is 5.72. The van der Waals surface area contributed by atoms with Gasteiger partial charge < -0.3 is 15.4 Å². The molecule has 110 valence electrons. The summed E-state index contributed by atoms with van der Waals surface area (Å²) in [4.78, 5) is 15.1. The number of nitrogens with zero attached hydrogens (tertiary/aromatic N) is 4. The number of benzene rings is 1. The van der Waals surface area contributed by atoms with Gasteiger partial charge in [-0.25, -0.2) is 0 Å². The van der Waals surface area contributed by atoms with Gasteiger partial charge in [-0.2, -0.15) is 15.0 Å². The Labute approximate surface area is 124 Å². The van der Waals surface area contributed by atoms with E-state index >= 15 is 0 Å². The van der Waals surface area contributed by atoms with E-state index in [1.54, 1.807) is 0 Å². The molecule has 2 N–H and O–H groups in total. The van der Waals surface area contributed by atoms with E-state index in [0.29, 0.717) is 18.4 Å². The molecule has 0 saturated carbocycles. The van der Waals surface area contributed by atoms with Gasteiger partial charge in [-0.1, -0.05) is 12.1 Å². The van der Waals surface area contributed by atoms with Crippen LogP contribution in [0.5, 0.6) is 5.75 Å². The lowest BCUT2D eigenvalue weighted by atomic mass is 10.1. The zero-order valence-electron chi connectivity index (χ0n) is 12.3. The number of rotatable bonds is 4. The summed E-state index contributed by atoms with van der Waals surface area (Å²) in [6, 6.07) is 6.03. The minimum atomic E-state index is 0.234. The van der Waals surface area contributed by atoms with Gasteiger partial charge >= 0.3 is 0 Å². The second-order valence-electron chi connectivity index (χ2n) is 4.88.